The minimum absolute atomic E-state index is 0.00606. The fourth-order valence-electron chi connectivity index (χ4n) is 1.96. The molecule has 0 amide bonds. The highest BCUT2D eigenvalue weighted by atomic mass is 35.5. The summed E-state index contributed by atoms with van der Waals surface area (Å²) in [4.78, 5) is 3.75. The summed E-state index contributed by atoms with van der Waals surface area (Å²) < 4.78 is 26.0. The van der Waals surface area contributed by atoms with E-state index in [4.69, 9.17) is 17.3 Å². The molecule has 1 aliphatic rings. The second kappa shape index (κ2) is 5.24. The molecule has 8 heteroatoms. The van der Waals surface area contributed by atoms with Crippen molar-refractivity contribution in [3.05, 3.63) is 17.3 Å². The number of rotatable bonds is 2. The number of piperidine rings is 1. The van der Waals surface area contributed by atoms with E-state index in [-0.39, 0.29) is 28.2 Å². The normalized spacial score (nSPS) is 25.4. The molecule has 0 aliphatic carbocycles. The average molecular weight is 306 g/mol. The van der Waals surface area contributed by atoms with E-state index in [1.165, 1.54) is 16.6 Å². The van der Waals surface area contributed by atoms with Crippen LogP contribution in [-0.4, -0.2) is 42.0 Å². The number of sulfonamides is 1. The quantitative estimate of drug-likeness (QED) is 0.839. The maximum atomic E-state index is 12.4. The Labute approximate surface area is 117 Å². The fraction of sp³-hybridized carbons (Fsp3) is 0.545. The van der Waals surface area contributed by atoms with Gasteiger partial charge < -0.3 is 10.8 Å². The number of nitrogens with zero attached hydrogens (tertiary/aromatic N) is 2. The lowest BCUT2D eigenvalue weighted by atomic mass is 9.98. The van der Waals surface area contributed by atoms with Crippen LogP contribution in [0.1, 0.15) is 13.3 Å². The average Bonchev–Trinajstić information content (AvgIpc) is 2.35. The summed E-state index contributed by atoms with van der Waals surface area (Å²) in [6.07, 6.45) is 1.15. The van der Waals surface area contributed by atoms with Crippen LogP contribution in [0.4, 0.5) is 5.82 Å². The SMILES string of the molecule is CC1CCN(S(=O)(=O)c2cnc(N)c(Cl)c2)CC1O. The van der Waals surface area contributed by atoms with Gasteiger partial charge in [0.25, 0.3) is 0 Å². The van der Waals surface area contributed by atoms with Crippen LogP contribution in [0, 0.1) is 5.92 Å². The molecule has 1 fully saturated rings. The van der Waals surface area contributed by atoms with Gasteiger partial charge in [0.1, 0.15) is 10.7 Å². The Kier molecular flexibility index (Phi) is 4.00. The van der Waals surface area contributed by atoms with Crippen LogP contribution in [0.3, 0.4) is 0 Å². The fourth-order valence-corrected chi connectivity index (χ4v) is 3.64. The number of hydrogen-bond acceptors (Lipinski definition) is 5. The molecule has 2 heterocycles. The van der Waals surface area contributed by atoms with Gasteiger partial charge in [-0.15, -0.1) is 0 Å². The molecular weight excluding hydrogens is 290 g/mol. The van der Waals surface area contributed by atoms with E-state index in [0.29, 0.717) is 13.0 Å². The second-order valence-electron chi connectivity index (χ2n) is 4.73. The first-order valence-electron chi connectivity index (χ1n) is 5.91. The van der Waals surface area contributed by atoms with E-state index in [2.05, 4.69) is 4.98 Å². The van der Waals surface area contributed by atoms with Crippen molar-refractivity contribution in [2.75, 3.05) is 18.8 Å². The van der Waals surface area contributed by atoms with Crippen molar-refractivity contribution in [1.82, 2.24) is 9.29 Å². The van der Waals surface area contributed by atoms with Gasteiger partial charge in [0.2, 0.25) is 10.0 Å². The molecule has 19 heavy (non-hydrogen) atoms. The summed E-state index contributed by atoms with van der Waals surface area (Å²) >= 11 is 5.79. The van der Waals surface area contributed by atoms with Crippen LogP contribution >= 0.6 is 11.6 Å². The highest BCUT2D eigenvalue weighted by Crippen LogP contribution is 2.26. The van der Waals surface area contributed by atoms with Gasteiger partial charge >= 0.3 is 0 Å². The Morgan fingerprint density at radius 1 is 1.58 bits per heavy atom. The molecule has 2 atom stereocenters. The summed E-state index contributed by atoms with van der Waals surface area (Å²) in [6, 6.07) is 1.28. The standard InChI is InChI=1S/C11H16ClN3O3S/c1-7-2-3-15(6-10(7)16)19(17,18)8-4-9(12)11(13)14-5-8/h4-5,7,10,16H,2-3,6H2,1H3,(H2,13,14). The summed E-state index contributed by atoms with van der Waals surface area (Å²) in [6.45, 7) is 2.37. The van der Waals surface area contributed by atoms with Crippen molar-refractivity contribution in [3.8, 4) is 0 Å². The first-order valence-corrected chi connectivity index (χ1v) is 7.73. The number of aliphatic hydroxyl groups is 1. The zero-order valence-corrected chi connectivity index (χ0v) is 12.0. The number of nitrogen functional groups attached to an aromatic ring is 1. The van der Waals surface area contributed by atoms with Gasteiger partial charge in [-0.1, -0.05) is 18.5 Å². The van der Waals surface area contributed by atoms with Crippen molar-refractivity contribution in [2.45, 2.75) is 24.3 Å². The molecule has 0 saturated carbocycles. The molecule has 1 saturated heterocycles. The lowest BCUT2D eigenvalue weighted by Crippen LogP contribution is -2.45. The van der Waals surface area contributed by atoms with E-state index in [1.807, 2.05) is 6.92 Å². The number of anilines is 1. The number of hydrogen-bond donors (Lipinski definition) is 2. The number of nitrogens with two attached hydrogens (primary N) is 1. The summed E-state index contributed by atoms with van der Waals surface area (Å²) in [7, 11) is -3.69. The molecular formula is C11H16ClN3O3S. The van der Waals surface area contributed by atoms with Crippen LogP contribution in [0.5, 0.6) is 0 Å². The first-order chi connectivity index (χ1) is 8.82. The second-order valence-corrected chi connectivity index (χ2v) is 7.08. The smallest absolute Gasteiger partial charge is 0.244 e. The van der Waals surface area contributed by atoms with Gasteiger partial charge in [-0.3, -0.25) is 0 Å². The third-order valence-electron chi connectivity index (χ3n) is 3.36. The van der Waals surface area contributed by atoms with Crippen molar-refractivity contribution in [3.63, 3.8) is 0 Å². The summed E-state index contributed by atoms with van der Waals surface area (Å²) in [5.41, 5.74) is 5.46. The Morgan fingerprint density at radius 2 is 2.26 bits per heavy atom. The first kappa shape index (κ1) is 14.5. The van der Waals surface area contributed by atoms with E-state index in [0.717, 1.165) is 0 Å². The number of aliphatic hydroxyl groups excluding tert-OH is 1. The van der Waals surface area contributed by atoms with Crippen molar-refractivity contribution < 1.29 is 13.5 Å². The molecule has 2 unspecified atom stereocenters. The Bertz CT molecular complexity index is 579. The summed E-state index contributed by atoms with van der Waals surface area (Å²) in [5.74, 6) is 0.187. The van der Waals surface area contributed by atoms with Gasteiger partial charge in [-0.25, -0.2) is 13.4 Å². The molecule has 1 aliphatic heterocycles. The monoisotopic (exact) mass is 305 g/mol. The number of aromatic nitrogens is 1. The molecule has 0 radical (unpaired) electrons. The Balaban J connectivity index is 2.29. The molecule has 106 valence electrons. The molecule has 0 bridgehead atoms. The highest BCUT2D eigenvalue weighted by Gasteiger charge is 2.33. The minimum atomic E-state index is -3.69. The Morgan fingerprint density at radius 3 is 2.84 bits per heavy atom. The number of halogens is 1. The zero-order valence-electron chi connectivity index (χ0n) is 10.5. The predicted octanol–water partition coefficient (Wildman–Crippen LogP) is 0.709. The van der Waals surface area contributed by atoms with Crippen LogP contribution < -0.4 is 5.73 Å². The third kappa shape index (κ3) is 2.84. The molecule has 1 aromatic heterocycles. The highest BCUT2D eigenvalue weighted by molar-refractivity contribution is 7.89. The summed E-state index contributed by atoms with van der Waals surface area (Å²) in [5, 5.41) is 9.89. The molecule has 2 rings (SSSR count). The minimum Gasteiger partial charge on any atom is -0.391 e. The molecule has 6 nitrogen and oxygen atoms in total. The van der Waals surface area contributed by atoms with E-state index in [1.54, 1.807) is 0 Å². The third-order valence-corrected chi connectivity index (χ3v) is 5.50. The zero-order chi connectivity index (χ0) is 14.2. The van der Waals surface area contributed by atoms with Crippen LogP contribution in [0.15, 0.2) is 17.2 Å². The predicted molar refractivity (Wildman–Crippen MR) is 72.2 cm³/mol. The van der Waals surface area contributed by atoms with Gasteiger partial charge in [-0.05, 0) is 18.4 Å². The van der Waals surface area contributed by atoms with Gasteiger partial charge in [0.15, 0.2) is 0 Å². The van der Waals surface area contributed by atoms with E-state index in [9.17, 15) is 13.5 Å². The lowest BCUT2D eigenvalue weighted by molar-refractivity contribution is 0.0605. The maximum Gasteiger partial charge on any atom is 0.244 e. The van der Waals surface area contributed by atoms with Crippen molar-refractivity contribution in [2.24, 2.45) is 5.92 Å². The van der Waals surface area contributed by atoms with Crippen LogP contribution in [-0.2, 0) is 10.0 Å². The molecule has 1 aromatic rings. The van der Waals surface area contributed by atoms with Gasteiger partial charge in [0, 0.05) is 19.3 Å². The molecule has 3 N–H and O–H groups in total. The largest absolute Gasteiger partial charge is 0.391 e. The molecule has 0 spiro atoms. The van der Waals surface area contributed by atoms with Crippen LogP contribution in [0.25, 0.3) is 0 Å². The number of β-amino-alcohol motifs (C(OH)–C–C–N with tert-alkyl or cyclic N) is 1. The van der Waals surface area contributed by atoms with Crippen molar-refractivity contribution in [1.29, 1.82) is 0 Å². The lowest BCUT2D eigenvalue weighted by Gasteiger charge is -2.33. The van der Waals surface area contributed by atoms with E-state index >= 15 is 0 Å². The van der Waals surface area contributed by atoms with Crippen LogP contribution in [0.2, 0.25) is 5.02 Å². The van der Waals surface area contributed by atoms with Gasteiger partial charge in [-0.2, -0.15) is 4.31 Å². The van der Waals surface area contributed by atoms with Crippen molar-refractivity contribution >= 4 is 27.4 Å². The topological polar surface area (TPSA) is 96.5 Å². The van der Waals surface area contributed by atoms with E-state index < -0.39 is 16.1 Å². The van der Waals surface area contributed by atoms with Gasteiger partial charge in [0.05, 0.1) is 11.1 Å². The molecule has 0 aromatic carbocycles. The Hall–Kier alpha value is -0.890. The maximum absolute atomic E-state index is 12.4. The number of pyridine rings is 1.